The summed E-state index contributed by atoms with van der Waals surface area (Å²) < 4.78 is 23.1. The van der Waals surface area contributed by atoms with Gasteiger partial charge >= 0.3 is 23.9 Å². The molecule has 0 unspecified atom stereocenters. The van der Waals surface area contributed by atoms with Gasteiger partial charge in [0.25, 0.3) is 0 Å². The fraction of sp³-hybridized carbons (Fsp3) is 0.692. The van der Waals surface area contributed by atoms with E-state index in [1.54, 1.807) is 6.92 Å². The van der Waals surface area contributed by atoms with E-state index in [2.05, 4.69) is 9.47 Å². The predicted molar refractivity (Wildman–Crippen MR) is 70.6 cm³/mol. The van der Waals surface area contributed by atoms with E-state index in [1.807, 2.05) is 0 Å². The average molecular weight is 320 g/mol. The highest BCUT2D eigenvalue weighted by atomic mass is 16.6. The van der Waals surface area contributed by atoms with Crippen LogP contribution in [0.5, 0.6) is 0 Å². The number of ether oxygens (including phenoxy) is 5. The minimum atomic E-state index is -1.17. The molecule has 0 saturated heterocycles. The van der Waals surface area contributed by atoms with Crippen molar-refractivity contribution in [3.63, 3.8) is 0 Å². The van der Waals surface area contributed by atoms with E-state index in [-0.39, 0.29) is 19.8 Å². The van der Waals surface area contributed by atoms with Gasteiger partial charge in [-0.05, 0) is 6.42 Å². The van der Waals surface area contributed by atoms with Crippen LogP contribution in [0.25, 0.3) is 0 Å². The molecule has 9 heteroatoms. The van der Waals surface area contributed by atoms with E-state index in [0.29, 0.717) is 6.42 Å². The molecule has 0 N–H and O–H groups in total. The van der Waals surface area contributed by atoms with Gasteiger partial charge in [0.05, 0.1) is 26.2 Å². The summed E-state index contributed by atoms with van der Waals surface area (Å²) in [5.41, 5.74) is -0.901. The maximum Gasteiger partial charge on any atom is 0.417 e. The van der Waals surface area contributed by atoms with Crippen molar-refractivity contribution in [3.05, 3.63) is 0 Å². The van der Waals surface area contributed by atoms with E-state index in [1.165, 1.54) is 7.11 Å². The van der Waals surface area contributed by atoms with Gasteiger partial charge in [0.2, 0.25) is 0 Å². The highest BCUT2D eigenvalue weighted by Crippen LogP contribution is 2.24. The van der Waals surface area contributed by atoms with E-state index in [4.69, 9.17) is 14.2 Å². The van der Waals surface area contributed by atoms with Crippen LogP contribution in [0.15, 0.2) is 0 Å². The molecule has 9 nitrogen and oxygen atoms in total. The second-order valence-corrected chi connectivity index (χ2v) is 4.42. The van der Waals surface area contributed by atoms with Crippen LogP contribution in [0.4, 0.5) is 0 Å². The second kappa shape index (κ2) is 9.72. The van der Waals surface area contributed by atoms with Crippen molar-refractivity contribution in [2.24, 2.45) is 5.41 Å². The molecule has 0 aromatic rings. The Bertz CT molecular complexity index is 384. The van der Waals surface area contributed by atoms with Crippen LogP contribution in [0.2, 0.25) is 0 Å². The summed E-state index contributed by atoms with van der Waals surface area (Å²) in [7, 11) is 3.50. The standard InChI is InChI=1S/C13H20O9/c1-5-13(6-18-2,7-21-11(16)9(14)19-3)8-22-12(17)10(15)20-4/h5-8H2,1-4H3. The molecule has 22 heavy (non-hydrogen) atoms. The Balaban J connectivity index is 4.77. The topological polar surface area (TPSA) is 114 Å². The zero-order chi connectivity index (χ0) is 17.2. The summed E-state index contributed by atoms with van der Waals surface area (Å²) in [4.78, 5) is 44.6. The van der Waals surface area contributed by atoms with Crippen molar-refractivity contribution in [1.29, 1.82) is 0 Å². The molecule has 0 bridgehead atoms. The SMILES string of the molecule is CCC(COC)(COC(=O)C(=O)OC)COC(=O)C(=O)OC. The Hall–Kier alpha value is -2.16. The molecular weight excluding hydrogens is 300 g/mol. The van der Waals surface area contributed by atoms with Gasteiger partial charge in [-0.2, -0.15) is 0 Å². The molecule has 0 aliphatic rings. The molecule has 0 radical (unpaired) electrons. The van der Waals surface area contributed by atoms with Gasteiger partial charge in [-0.15, -0.1) is 0 Å². The number of carbonyl (C=O) groups excluding carboxylic acids is 4. The number of hydrogen-bond acceptors (Lipinski definition) is 9. The Morgan fingerprint density at radius 1 is 0.727 bits per heavy atom. The molecule has 0 spiro atoms. The van der Waals surface area contributed by atoms with Crippen molar-refractivity contribution in [2.45, 2.75) is 13.3 Å². The quantitative estimate of drug-likeness (QED) is 0.346. The number of carbonyl (C=O) groups is 4. The number of hydrogen-bond donors (Lipinski definition) is 0. The summed E-state index contributed by atoms with van der Waals surface area (Å²) in [6, 6.07) is 0. The van der Waals surface area contributed by atoms with Gasteiger partial charge in [-0.25, -0.2) is 19.2 Å². The van der Waals surface area contributed by atoms with E-state index < -0.39 is 29.3 Å². The van der Waals surface area contributed by atoms with Gasteiger partial charge in [-0.3, -0.25) is 0 Å². The first-order chi connectivity index (χ1) is 10.4. The maximum absolute atomic E-state index is 11.3. The van der Waals surface area contributed by atoms with Crippen molar-refractivity contribution in [2.75, 3.05) is 41.2 Å². The third-order valence-corrected chi connectivity index (χ3v) is 2.92. The molecule has 0 amide bonds. The third kappa shape index (κ3) is 6.08. The molecule has 126 valence electrons. The van der Waals surface area contributed by atoms with Gasteiger partial charge in [-0.1, -0.05) is 6.92 Å². The van der Waals surface area contributed by atoms with E-state index in [0.717, 1.165) is 14.2 Å². The maximum atomic E-state index is 11.3. The van der Waals surface area contributed by atoms with Crippen LogP contribution in [0.3, 0.4) is 0 Å². The first-order valence-electron chi connectivity index (χ1n) is 6.35. The molecule has 0 aliphatic carbocycles. The lowest BCUT2D eigenvalue weighted by molar-refractivity contribution is -0.174. The molecular formula is C13H20O9. The summed E-state index contributed by atoms with van der Waals surface area (Å²) in [6.45, 7) is 1.32. The number of esters is 4. The van der Waals surface area contributed by atoms with Crippen LogP contribution in [0, 0.1) is 5.41 Å². The van der Waals surface area contributed by atoms with Gasteiger partial charge < -0.3 is 23.7 Å². The molecule has 0 heterocycles. The molecule has 0 fully saturated rings. The Kier molecular flexibility index (Phi) is 8.76. The molecule has 0 saturated carbocycles. The lowest BCUT2D eigenvalue weighted by Crippen LogP contribution is -2.39. The number of rotatable bonds is 7. The van der Waals surface area contributed by atoms with E-state index in [9.17, 15) is 19.2 Å². The minimum Gasteiger partial charge on any atom is -0.461 e. The highest BCUT2D eigenvalue weighted by molar-refractivity contribution is 6.30. The van der Waals surface area contributed by atoms with Gasteiger partial charge in [0, 0.05) is 7.11 Å². The van der Waals surface area contributed by atoms with Crippen LogP contribution < -0.4 is 0 Å². The Morgan fingerprint density at radius 2 is 1.14 bits per heavy atom. The largest absolute Gasteiger partial charge is 0.461 e. The Morgan fingerprint density at radius 3 is 1.41 bits per heavy atom. The van der Waals surface area contributed by atoms with E-state index >= 15 is 0 Å². The van der Waals surface area contributed by atoms with Gasteiger partial charge in [0.1, 0.15) is 13.2 Å². The predicted octanol–water partition coefficient (Wildman–Crippen LogP) is -0.538. The lowest BCUT2D eigenvalue weighted by atomic mass is 9.88. The third-order valence-electron chi connectivity index (χ3n) is 2.92. The zero-order valence-electron chi connectivity index (χ0n) is 13.0. The molecule has 0 aromatic carbocycles. The second-order valence-electron chi connectivity index (χ2n) is 4.42. The van der Waals surface area contributed by atoms with Crippen molar-refractivity contribution >= 4 is 23.9 Å². The zero-order valence-corrected chi connectivity index (χ0v) is 13.0. The van der Waals surface area contributed by atoms with Crippen molar-refractivity contribution in [1.82, 2.24) is 0 Å². The summed E-state index contributed by atoms with van der Waals surface area (Å²) in [5, 5.41) is 0. The minimum absolute atomic E-state index is 0.0758. The first-order valence-corrected chi connectivity index (χ1v) is 6.35. The lowest BCUT2D eigenvalue weighted by Gasteiger charge is -2.30. The van der Waals surface area contributed by atoms with Crippen molar-refractivity contribution < 1.29 is 42.9 Å². The van der Waals surface area contributed by atoms with Crippen LogP contribution in [0.1, 0.15) is 13.3 Å². The van der Waals surface area contributed by atoms with Crippen LogP contribution in [-0.2, 0) is 42.9 Å². The van der Waals surface area contributed by atoms with Crippen molar-refractivity contribution in [3.8, 4) is 0 Å². The van der Waals surface area contributed by atoms with Crippen LogP contribution in [-0.4, -0.2) is 65.0 Å². The smallest absolute Gasteiger partial charge is 0.417 e. The summed E-state index contributed by atoms with van der Waals surface area (Å²) >= 11 is 0. The molecule has 0 aliphatic heterocycles. The molecule has 0 aromatic heterocycles. The number of methoxy groups -OCH3 is 3. The average Bonchev–Trinajstić information content (AvgIpc) is 2.55. The molecule has 0 rings (SSSR count). The highest BCUT2D eigenvalue weighted by Gasteiger charge is 2.34. The molecule has 0 atom stereocenters. The Labute approximate surface area is 127 Å². The summed E-state index contributed by atoms with van der Waals surface area (Å²) in [6.07, 6.45) is 0.393. The van der Waals surface area contributed by atoms with Crippen LogP contribution >= 0.6 is 0 Å². The summed E-state index contributed by atoms with van der Waals surface area (Å²) in [5.74, 6) is -4.63. The van der Waals surface area contributed by atoms with Gasteiger partial charge in [0.15, 0.2) is 0 Å². The monoisotopic (exact) mass is 320 g/mol. The normalized spacial score (nSPS) is 10.5. The fourth-order valence-corrected chi connectivity index (χ4v) is 1.46. The fourth-order valence-electron chi connectivity index (χ4n) is 1.46. The first kappa shape index (κ1) is 19.8.